The lowest BCUT2D eigenvalue weighted by Crippen LogP contribution is -2.38. The Labute approximate surface area is 131 Å². The van der Waals surface area contributed by atoms with Gasteiger partial charge in [-0.05, 0) is 25.1 Å². The summed E-state index contributed by atoms with van der Waals surface area (Å²) >= 11 is 7.46. The molecule has 0 radical (unpaired) electrons. The third kappa shape index (κ3) is 3.62. The fourth-order valence-corrected chi connectivity index (χ4v) is 3.01. The van der Waals surface area contributed by atoms with Crippen LogP contribution in [0.25, 0.3) is 10.4 Å². The molecule has 0 bridgehead atoms. The highest BCUT2D eigenvalue weighted by molar-refractivity contribution is 7.17. The second-order valence-electron chi connectivity index (χ2n) is 4.36. The normalized spacial score (nSPS) is 11.8. The molecule has 0 aliphatic rings. The second kappa shape index (κ2) is 6.74. The third-order valence-corrected chi connectivity index (χ3v) is 4.32. The van der Waals surface area contributed by atoms with E-state index in [1.54, 1.807) is 19.1 Å². The molecular formula is C15H14ClNO3S. The number of methoxy groups -OCH3 is 1. The van der Waals surface area contributed by atoms with Gasteiger partial charge in [-0.25, -0.2) is 4.79 Å². The zero-order valence-corrected chi connectivity index (χ0v) is 13.1. The molecule has 1 unspecified atom stereocenters. The average Bonchev–Trinajstić information content (AvgIpc) is 2.96. The summed E-state index contributed by atoms with van der Waals surface area (Å²) in [6.07, 6.45) is 0. The SMILES string of the molecule is COC(=O)C(C)NC(=O)c1ccc(-c2ccccc2Cl)s1. The number of carbonyl (C=O) groups is 2. The van der Waals surface area contributed by atoms with Crippen molar-refractivity contribution in [2.45, 2.75) is 13.0 Å². The van der Waals surface area contributed by atoms with Crippen molar-refractivity contribution in [2.75, 3.05) is 7.11 Å². The van der Waals surface area contributed by atoms with Crippen molar-refractivity contribution in [2.24, 2.45) is 0 Å². The highest BCUT2D eigenvalue weighted by atomic mass is 35.5. The molecule has 1 heterocycles. The number of carbonyl (C=O) groups excluding carboxylic acids is 2. The van der Waals surface area contributed by atoms with Gasteiger partial charge in [-0.3, -0.25) is 4.79 Å². The number of hydrogen-bond acceptors (Lipinski definition) is 4. The number of nitrogens with one attached hydrogen (secondary N) is 1. The van der Waals surface area contributed by atoms with E-state index in [1.165, 1.54) is 18.4 Å². The van der Waals surface area contributed by atoms with Crippen LogP contribution in [0.3, 0.4) is 0 Å². The van der Waals surface area contributed by atoms with Gasteiger partial charge in [-0.15, -0.1) is 11.3 Å². The molecule has 1 amide bonds. The van der Waals surface area contributed by atoms with Gasteiger partial charge in [0.05, 0.1) is 12.0 Å². The summed E-state index contributed by atoms with van der Waals surface area (Å²) in [5.41, 5.74) is 0.879. The van der Waals surface area contributed by atoms with Crippen molar-refractivity contribution >= 4 is 34.8 Å². The Morgan fingerprint density at radius 3 is 2.62 bits per heavy atom. The molecule has 1 N–H and O–H groups in total. The van der Waals surface area contributed by atoms with Crippen LogP contribution in [0.15, 0.2) is 36.4 Å². The molecule has 2 rings (SSSR count). The number of hydrogen-bond donors (Lipinski definition) is 1. The number of amides is 1. The minimum absolute atomic E-state index is 0.309. The van der Waals surface area contributed by atoms with E-state index >= 15 is 0 Å². The summed E-state index contributed by atoms with van der Waals surface area (Å²) in [4.78, 5) is 24.8. The molecule has 1 atom stereocenters. The van der Waals surface area contributed by atoms with Crippen LogP contribution in [0.5, 0.6) is 0 Å². The summed E-state index contributed by atoms with van der Waals surface area (Å²) in [6.45, 7) is 1.58. The Kier molecular flexibility index (Phi) is 4.98. The summed E-state index contributed by atoms with van der Waals surface area (Å²) in [5.74, 6) is -0.789. The van der Waals surface area contributed by atoms with Crippen LogP contribution < -0.4 is 5.32 Å². The van der Waals surface area contributed by atoms with Gasteiger partial charge in [-0.2, -0.15) is 0 Å². The molecule has 0 spiro atoms. The zero-order chi connectivity index (χ0) is 15.4. The lowest BCUT2D eigenvalue weighted by Gasteiger charge is -2.10. The van der Waals surface area contributed by atoms with Gasteiger partial charge in [0, 0.05) is 15.5 Å². The minimum atomic E-state index is -0.687. The van der Waals surface area contributed by atoms with Crippen LogP contribution in [-0.2, 0) is 9.53 Å². The molecule has 1 aromatic heterocycles. The molecule has 0 saturated carbocycles. The van der Waals surface area contributed by atoms with Gasteiger partial charge in [0.15, 0.2) is 0 Å². The van der Waals surface area contributed by atoms with E-state index in [0.717, 1.165) is 10.4 Å². The van der Waals surface area contributed by atoms with E-state index in [4.69, 9.17) is 11.6 Å². The predicted molar refractivity (Wildman–Crippen MR) is 83.7 cm³/mol. The molecule has 0 aliphatic carbocycles. The molecule has 0 aliphatic heterocycles. The lowest BCUT2D eigenvalue weighted by atomic mass is 10.2. The van der Waals surface area contributed by atoms with Gasteiger partial charge >= 0.3 is 5.97 Å². The first kappa shape index (κ1) is 15.5. The van der Waals surface area contributed by atoms with E-state index in [1.807, 2.05) is 24.3 Å². The lowest BCUT2D eigenvalue weighted by molar-refractivity contribution is -0.142. The number of thiophene rings is 1. The van der Waals surface area contributed by atoms with Crippen LogP contribution in [-0.4, -0.2) is 25.0 Å². The Morgan fingerprint density at radius 2 is 1.95 bits per heavy atom. The maximum absolute atomic E-state index is 12.1. The van der Waals surface area contributed by atoms with E-state index in [2.05, 4.69) is 10.1 Å². The first-order chi connectivity index (χ1) is 10.0. The van der Waals surface area contributed by atoms with Crippen LogP contribution in [0.2, 0.25) is 5.02 Å². The molecule has 0 saturated heterocycles. The monoisotopic (exact) mass is 323 g/mol. The van der Waals surface area contributed by atoms with Crippen molar-refractivity contribution in [1.82, 2.24) is 5.32 Å². The largest absolute Gasteiger partial charge is 0.467 e. The second-order valence-corrected chi connectivity index (χ2v) is 5.85. The first-order valence-corrected chi connectivity index (χ1v) is 7.46. The number of benzene rings is 1. The maximum Gasteiger partial charge on any atom is 0.328 e. The van der Waals surface area contributed by atoms with Crippen molar-refractivity contribution in [3.63, 3.8) is 0 Å². The maximum atomic E-state index is 12.1. The number of halogens is 1. The van der Waals surface area contributed by atoms with Crippen LogP contribution in [0, 0.1) is 0 Å². The quantitative estimate of drug-likeness (QED) is 0.878. The Hall–Kier alpha value is -1.85. The number of rotatable bonds is 4. The molecule has 2 aromatic rings. The summed E-state index contributed by atoms with van der Waals surface area (Å²) in [6, 6.07) is 10.3. The number of ether oxygens (including phenoxy) is 1. The zero-order valence-electron chi connectivity index (χ0n) is 11.6. The highest BCUT2D eigenvalue weighted by Crippen LogP contribution is 2.33. The van der Waals surface area contributed by atoms with E-state index in [0.29, 0.717) is 9.90 Å². The van der Waals surface area contributed by atoms with Crippen molar-refractivity contribution in [3.8, 4) is 10.4 Å². The van der Waals surface area contributed by atoms with Crippen molar-refractivity contribution in [3.05, 3.63) is 46.3 Å². The smallest absolute Gasteiger partial charge is 0.328 e. The summed E-state index contributed by atoms with van der Waals surface area (Å²) < 4.78 is 4.57. The molecule has 4 nitrogen and oxygen atoms in total. The van der Waals surface area contributed by atoms with E-state index in [9.17, 15) is 9.59 Å². The minimum Gasteiger partial charge on any atom is -0.467 e. The van der Waals surface area contributed by atoms with Crippen molar-refractivity contribution in [1.29, 1.82) is 0 Å². The molecule has 1 aromatic carbocycles. The molecule has 6 heteroatoms. The Balaban J connectivity index is 2.15. The van der Waals surface area contributed by atoms with Gasteiger partial charge in [0.25, 0.3) is 5.91 Å². The van der Waals surface area contributed by atoms with Gasteiger partial charge in [-0.1, -0.05) is 29.8 Å². The standard InChI is InChI=1S/C15H14ClNO3S/c1-9(15(19)20-2)17-14(18)13-8-7-12(21-13)10-5-3-4-6-11(10)16/h3-9H,1-2H3,(H,17,18). The molecule has 21 heavy (non-hydrogen) atoms. The molecule has 0 fully saturated rings. The van der Waals surface area contributed by atoms with Gasteiger partial charge < -0.3 is 10.1 Å². The third-order valence-electron chi connectivity index (χ3n) is 2.87. The predicted octanol–water partition coefficient (Wildman–Crippen LogP) is 3.36. The average molecular weight is 324 g/mol. The Bertz CT molecular complexity index is 668. The van der Waals surface area contributed by atoms with Crippen LogP contribution in [0.1, 0.15) is 16.6 Å². The van der Waals surface area contributed by atoms with E-state index in [-0.39, 0.29) is 5.91 Å². The fraction of sp³-hybridized carbons (Fsp3) is 0.200. The van der Waals surface area contributed by atoms with Crippen LogP contribution >= 0.6 is 22.9 Å². The van der Waals surface area contributed by atoms with Crippen LogP contribution in [0.4, 0.5) is 0 Å². The Morgan fingerprint density at radius 1 is 1.24 bits per heavy atom. The van der Waals surface area contributed by atoms with Crippen molar-refractivity contribution < 1.29 is 14.3 Å². The first-order valence-electron chi connectivity index (χ1n) is 6.26. The topological polar surface area (TPSA) is 55.4 Å². The molecule has 110 valence electrons. The summed E-state index contributed by atoms with van der Waals surface area (Å²) in [5, 5.41) is 3.22. The fourth-order valence-electron chi connectivity index (χ4n) is 1.77. The van der Waals surface area contributed by atoms with E-state index < -0.39 is 12.0 Å². The number of esters is 1. The van der Waals surface area contributed by atoms with Gasteiger partial charge in [0.1, 0.15) is 6.04 Å². The summed E-state index contributed by atoms with van der Waals surface area (Å²) in [7, 11) is 1.28. The highest BCUT2D eigenvalue weighted by Gasteiger charge is 2.18. The molecular weight excluding hydrogens is 310 g/mol. The van der Waals surface area contributed by atoms with Gasteiger partial charge in [0.2, 0.25) is 0 Å².